The van der Waals surface area contributed by atoms with Gasteiger partial charge in [0.05, 0.1) is 6.61 Å². The molecule has 0 amide bonds. The zero-order valence-corrected chi connectivity index (χ0v) is 11.9. The summed E-state index contributed by atoms with van der Waals surface area (Å²) >= 11 is 0. The van der Waals surface area contributed by atoms with E-state index in [9.17, 15) is 0 Å². The number of aromatic nitrogens is 3. The van der Waals surface area contributed by atoms with Gasteiger partial charge in [0.15, 0.2) is 0 Å². The number of nitrogens with zero attached hydrogens (tertiary/aromatic N) is 3. The molecule has 0 fully saturated rings. The predicted molar refractivity (Wildman–Crippen MR) is 75.2 cm³/mol. The Hall–Kier alpha value is -1.79. The molecule has 6 heteroatoms. The minimum absolute atomic E-state index is 0.178. The molecule has 0 saturated carbocycles. The van der Waals surface area contributed by atoms with Crippen molar-refractivity contribution in [1.82, 2.24) is 20.4 Å². The molecule has 0 bridgehead atoms. The van der Waals surface area contributed by atoms with Crippen molar-refractivity contribution in [3.8, 4) is 11.5 Å². The van der Waals surface area contributed by atoms with E-state index >= 15 is 0 Å². The summed E-state index contributed by atoms with van der Waals surface area (Å²) in [5.74, 6) is 1.11. The van der Waals surface area contributed by atoms with Crippen LogP contribution in [0, 0.1) is 0 Å². The van der Waals surface area contributed by atoms with Crippen LogP contribution in [0.3, 0.4) is 0 Å². The molecule has 2 rings (SSSR count). The Labute approximate surface area is 118 Å². The van der Waals surface area contributed by atoms with Crippen LogP contribution in [0.25, 0.3) is 11.5 Å². The van der Waals surface area contributed by atoms with Crippen molar-refractivity contribution >= 4 is 0 Å². The first-order chi connectivity index (χ1) is 9.83. The SMILES string of the molecule is CCCNC(COC)Cc1nc(-c2ccccn2)no1. The van der Waals surface area contributed by atoms with Crippen LogP contribution in [0.1, 0.15) is 19.2 Å². The average Bonchev–Trinajstić information content (AvgIpc) is 2.94. The molecule has 0 aromatic carbocycles. The van der Waals surface area contributed by atoms with Crippen LogP contribution >= 0.6 is 0 Å². The highest BCUT2D eigenvalue weighted by atomic mass is 16.5. The molecule has 1 atom stereocenters. The molecule has 6 nitrogen and oxygen atoms in total. The van der Waals surface area contributed by atoms with Crippen LogP contribution in [0.2, 0.25) is 0 Å². The Morgan fingerprint density at radius 2 is 2.30 bits per heavy atom. The molecule has 2 aromatic heterocycles. The van der Waals surface area contributed by atoms with Crippen molar-refractivity contribution in [3.63, 3.8) is 0 Å². The first-order valence-electron chi connectivity index (χ1n) is 6.79. The van der Waals surface area contributed by atoms with Gasteiger partial charge in [-0.25, -0.2) is 0 Å². The highest BCUT2D eigenvalue weighted by Crippen LogP contribution is 2.12. The van der Waals surface area contributed by atoms with Crippen molar-refractivity contribution < 1.29 is 9.26 Å². The average molecular weight is 276 g/mol. The summed E-state index contributed by atoms with van der Waals surface area (Å²) in [6.07, 6.45) is 3.43. The third-order valence-electron chi connectivity index (χ3n) is 2.83. The number of nitrogens with one attached hydrogen (secondary N) is 1. The van der Waals surface area contributed by atoms with Crippen LogP contribution in [0.4, 0.5) is 0 Å². The van der Waals surface area contributed by atoms with E-state index < -0.39 is 0 Å². The summed E-state index contributed by atoms with van der Waals surface area (Å²) in [5, 5.41) is 7.36. The van der Waals surface area contributed by atoms with Crippen LogP contribution in [0.15, 0.2) is 28.9 Å². The largest absolute Gasteiger partial charge is 0.383 e. The summed E-state index contributed by atoms with van der Waals surface area (Å²) < 4.78 is 10.5. The van der Waals surface area contributed by atoms with E-state index in [1.807, 2.05) is 18.2 Å². The minimum atomic E-state index is 0.178. The molecule has 1 N–H and O–H groups in total. The second-order valence-electron chi connectivity index (χ2n) is 4.54. The Morgan fingerprint density at radius 1 is 1.40 bits per heavy atom. The maximum atomic E-state index is 5.28. The van der Waals surface area contributed by atoms with E-state index in [2.05, 4.69) is 27.4 Å². The van der Waals surface area contributed by atoms with E-state index in [0.29, 0.717) is 30.4 Å². The topological polar surface area (TPSA) is 73.1 Å². The fourth-order valence-electron chi connectivity index (χ4n) is 1.89. The normalized spacial score (nSPS) is 12.5. The Kier molecular flexibility index (Phi) is 5.64. The minimum Gasteiger partial charge on any atom is -0.383 e. The molecular formula is C14H20N4O2. The number of pyridine rings is 1. The van der Waals surface area contributed by atoms with Gasteiger partial charge in [-0.3, -0.25) is 4.98 Å². The highest BCUT2D eigenvalue weighted by Gasteiger charge is 2.15. The number of hydrogen-bond donors (Lipinski definition) is 1. The molecule has 0 saturated heterocycles. The molecule has 0 spiro atoms. The molecule has 0 aliphatic heterocycles. The molecule has 1 unspecified atom stereocenters. The van der Waals surface area contributed by atoms with Crippen LogP contribution < -0.4 is 5.32 Å². The van der Waals surface area contributed by atoms with Gasteiger partial charge in [-0.2, -0.15) is 4.98 Å². The highest BCUT2D eigenvalue weighted by molar-refractivity contribution is 5.46. The summed E-state index contributed by atoms with van der Waals surface area (Å²) in [7, 11) is 1.69. The maximum Gasteiger partial charge on any atom is 0.228 e. The second kappa shape index (κ2) is 7.72. The smallest absolute Gasteiger partial charge is 0.228 e. The summed E-state index contributed by atoms with van der Waals surface area (Å²) in [6.45, 7) is 3.68. The van der Waals surface area contributed by atoms with E-state index in [0.717, 1.165) is 13.0 Å². The zero-order chi connectivity index (χ0) is 14.2. The lowest BCUT2D eigenvalue weighted by atomic mass is 10.2. The third kappa shape index (κ3) is 4.11. The molecule has 20 heavy (non-hydrogen) atoms. The van der Waals surface area contributed by atoms with Gasteiger partial charge in [0.2, 0.25) is 11.7 Å². The summed E-state index contributed by atoms with van der Waals surface area (Å²) in [4.78, 5) is 8.58. The lowest BCUT2D eigenvalue weighted by Gasteiger charge is -2.15. The fourth-order valence-corrected chi connectivity index (χ4v) is 1.89. The molecular weight excluding hydrogens is 256 g/mol. The van der Waals surface area contributed by atoms with Crippen LogP contribution in [-0.2, 0) is 11.2 Å². The predicted octanol–water partition coefficient (Wildman–Crippen LogP) is 1.69. The fraction of sp³-hybridized carbons (Fsp3) is 0.500. The van der Waals surface area contributed by atoms with Crippen LogP contribution in [-0.4, -0.2) is 41.4 Å². The molecule has 108 valence electrons. The lowest BCUT2D eigenvalue weighted by molar-refractivity contribution is 0.161. The van der Waals surface area contributed by atoms with Gasteiger partial charge in [0, 0.05) is 25.8 Å². The van der Waals surface area contributed by atoms with E-state index in [4.69, 9.17) is 9.26 Å². The number of hydrogen-bond acceptors (Lipinski definition) is 6. The van der Waals surface area contributed by atoms with Gasteiger partial charge < -0.3 is 14.6 Å². The third-order valence-corrected chi connectivity index (χ3v) is 2.83. The number of rotatable bonds is 8. The first-order valence-corrected chi connectivity index (χ1v) is 6.79. The van der Waals surface area contributed by atoms with Gasteiger partial charge >= 0.3 is 0 Å². The van der Waals surface area contributed by atoms with E-state index in [1.54, 1.807) is 13.3 Å². The van der Waals surface area contributed by atoms with Crippen molar-refractivity contribution in [2.45, 2.75) is 25.8 Å². The van der Waals surface area contributed by atoms with E-state index in [-0.39, 0.29) is 6.04 Å². The second-order valence-corrected chi connectivity index (χ2v) is 4.54. The molecule has 2 aromatic rings. The summed E-state index contributed by atoms with van der Waals surface area (Å²) in [5.41, 5.74) is 0.715. The summed E-state index contributed by atoms with van der Waals surface area (Å²) in [6, 6.07) is 5.79. The lowest BCUT2D eigenvalue weighted by Crippen LogP contribution is -2.35. The maximum absolute atomic E-state index is 5.28. The standard InChI is InChI=1S/C14H20N4O2/c1-3-7-15-11(10-19-2)9-13-17-14(18-20-13)12-6-4-5-8-16-12/h4-6,8,11,15H,3,7,9-10H2,1-2H3. The van der Waals surface area contributed by atoms with Crippen molar-refractivity contribution in [2.24, 2.45) is 0 Å². The van der Waals surface area contributed by atoms with Gasteiger partial charge in [0.1, 0.15) is 5.69 Å². The molecule has 2 heterocycles. The first kappa shape index (κ1) is 14.6. The number of ether oxygens (including phenoxy) is 1. The number of methoxy groups -OCH3 is 1. The van der Waals surface area contributed by atoms with Crippen molar-refractivity contribution in [2.75, 3.05) is 20.3 Å². The Morgan fingerprint density at radius 3 is 3.00 bits per heavy atom. The molecule has 0 aliphatic carbocycles. The van der Waals surface area contributed by atoms with Gasteiger partial charge in [-0.15, -0.1) is 0 Å². The van der Waals surface area contributed by atoms with Gasteiger partial charge in [-0.1, -0.05) is 18.1 Å². The van der Waals surface area contributed by atoms with Crippen LogP contribution in [0.5, 0.6) is 0 Å². The van der Waals surface area contributed by atoms with Gasteiger partial charge in [0.25, 0.3) is 0 Å². The zero-order valence-electron chi connectivity index (χ0n) is 11.9. The van der Waals surface area contributed by atoms with Crippen molar-refractivity contribution in [3.05, 3.63) is 30.3 Å². The molecule has 0 radical (unpaired) electrons. The Balaban J connectivity index is 2.00. The molecule has 0 aliphatic rings. The van der Waals surface area contributed by atoms with Crippen molar-refractivity contribution in [1.29, 1.82) is 0 Å². The van der Waals surface area contributed by atoms with Gasteiger partial charge in [-0.05, 0) is 25.1 Å². The monoisotopic (exact) mass is 276 g/mol. The van der Waals surface area contributed by atoms with E-state index in [1.165, 1.54) is 0 Å². The Bertz CT molecular complexity index is 501. The quantitative estimate of drug-likeness (QED) is 0.791.